The van der Waals surface area contributed by atoms with Crippen LogP contribution in [-0.4, -0.2) is 35.6 Å². The summed E-state index contributed by atoms with van der Waals surface area (Å²) >= 11 is 0. The Hall–Kier alpha value is -2.17. The molecule has 0 fully saturated rings. The van der Waals surface area contributed by atoms with E-state index in [0.29, 0.717) is 23.7 Å². The van der Waals surface area contributed by atoms with Gasteiger partial charge in [0.25, 0.3) is 0 Å². The summed E-state index contributed by atoms with van der Waals surface area (Å²) in [7, 11) is 0. The third kappa shape index (κ3) is 5.77. The minimum Gasteiger partial charge on any atom is -0.333 e. The molecule has 0 heterocycles. The minimum atomic E-state index is -0.249. The highest BCUT2D eigenvalue weighted by molar-refractivity contribution is 5.96. The summed E-state index contributed by atoms with van der Waals surface area (Å²) < 4.78 is 0. The van der Waals surface area contributed by atoms with E-state index in [0.717, 1.165) is 0 Å². The van der Waals surface area contributed by atoms with Gasteiger partial charge < -0.3 is 10.2 Å². The van der Waals surface area contributed by atoms with Crippen LogP contribution in [0.1, 0.15) is 38.1 Å². The van der Waals surface area contributed by atoms with E-state index >= 15 is 0 Å². The van der Waals surface area contributed by atoms with E-state index in [2.05, 4.69) is 5.32 Å². The lowest BCUT2D eigenvalue weighted by atomic mass is 10.1. The normalized spacial score (nSPS) is 10.3. The first-order chi connectivity index (χ1) is 9.79. The fraction of sp³-hybridized carbons (Fsp3) is 0.438. The second kappa shape index (κ2) is 7.57. The number of hydrogen-bond donors (Lipinski definition) is 1. The number of ketones is 1. The van der Waals surface area contributed by atoms with Crippen LogP contribution in [0.15, 0.2) is 24.3 Å². The van der Waals surface area contributed by atoms with Crippen LogP contribution in [0, 0.1) is 5.92 Å². The van der Waals surface area contributed by atoms with Crippen molar-refractivity contribution < 1.29 is 14.4 Å². The molecule has 0 aliphatic rings. The van der Waals surface area contributed by atoms with Crippen molar-refractivity contribution in [3.05, 3.63) is 29.8 Å². The smallest absolute Gasteiger partial charge is 0.243 e. The van der Waals surface area contributed by atoms with Crippen molar-refractivity contribution in [3.63, 3.8) is 0 Å². The molecule has 1 aromatic rings. The van der Waals surface area contributed by atoms with Crippen LogP contribution in [0.25, 0.3) is 0 Å². The second-order valence-electron chi connectivity index (χ2n) is 5.48. The summed E-state index contributed by atoms with van der Waals surface area (Å²) in [4.78, 5) is 36.1. The molecular formula is C16H22N2O3. The lowest BCUT2D eigenvalue weighted by Crippen LogP contribution is -2.38. The van der Waals surface area contributed by atoms with Gasteiger partial charge in [-0.05, 0) is 37.1 Å². The Bertz CT molecular complexity index is 521. The molecule has 0 saturated carbocycles. The largest absolute Gasteiger partial charge is 0.333 e. The van der Waals surface area contributed by atoms with E-state index in [1.807, 2.05) is 13.8 Å². The van der Waals surface area contributed by atoms with Gasteiger partial charge in [-0.2, -0.15) is 0 Å². The number of nitrogens with one attached hydrogen (secondary N) is 1. The van der Waals surface area contributed by atoms with Crippen molar-refractivity contribution in [2.75, 3.05) is 18.4 Å². The summed E-state index contributed by atoms with van der Waals surface area (Å²) in [6.07, 6.45) is 0. The van der Waals surface area contributed by atoms with E-state index < -0.39 is 0 Å². The van der Waals surface area contributed by atoms with E-state index in [1.54, 1.807) is 24.3 Å². The summed E-state index contributed by atoms with van der Waals surface area (Å²) in [5, 5.41) is 2.72. The molecule has 0 unspecified atom stereocenters. The van der Waals surface area contributed by atoms with Crippen molar-refractivity contribution in [3.8, 4) is 0 Å². The molecule has 0 aromatic heterocycles. The maximum atomic E-state index is 12.0. The van der Waals surface area contributed by atoms with Gasteiger partial charge in [0.05, 0.1) is 6.54 Å². The van der Waals surface area contributed by atoms with E-state index in [1.165, 1.54) is 18.7 Å². The molecular weight excluding hydrogens is 268 g/mol. The van der Waals surface area contributed by atoms with Gasteiger partial charge in [0.1, 0.15) is 0 Å². The Morgan fingerprint density at radius 3 is 2.10 bits per heavy atom. The lowest BCUT2D eigenvalue weighted by Gasteiger charge is -2.22. The molecule has 0 aliphatic heterocycles. The molecule has 1 N–H and O–H groups in total. The zero-order valence-electron chi connectivity index (χ0n) is 13.0. The van der Waals surface area contributed by atoms with Crippen molar-refractivity contribution in [1.29, 1.82) is 0 Å². The Balaban J connectivity index is 2.63. The highest BCUT2D eigenvalue weighted by Crippen LogP contribution is 2.10. The van der Waals surface area contributed by atoms with Gasteiger partial charge in [-0.1, -0.05) is 13.8 Å². The zero-order chi connectivity index (χ0) is 16.0. The van der Waals surface area contributed by atoms with Crippen molar-refractivity contribution in [2.45, 2.75) is 27.7 Å². The molecule has 5 heteroatoms. The van der Waals surface area contributed by atoms with Crippen LogP contribution in [0.4, 0.5) is 5.69 Å². The molecule has 0 radical (unpaired) electrons. The average Bonchev–Trinajstić information content (AvgIpc) is 2.37. The van der Waals surface area contributed by atoms with Crippen LogP contribution in [0.2, 0.25) is 0 Å². The molecule has 21 heavy (non-hydrogen) atoms. The third-order valence-corrected chi connectivity index (χ3v) is 2.94. The standard InChI is InChI=1S/C16H22N2O3/c1-11(2)9-18(13(4)20)10-16(21)17-15-7-5-14(6-8-15)12(3)19/h5-8,11H,9-10H2,1-4H3,(H,17,21). The van der Waals surface area contributed by atoms with Gasteiger partial charge in [0, 0.05) is 24.7 Å². The highest BCUT2D eigenvalue weighted by atomic mass is 16.2. The summed E-state index contributed by atoms with van der Waals surface area (Å²) in [5.74, 6) is -0.0867. The molecule has 114 valence electrons. The number of rotatable bonds is 6. The predicted octanol–water partition coefficient (Wildman–Crippen LogP) is 2.33. The molecule has 5 nitrogen and oxygen atoms in total. The van der Waals surface area contributed by atoms with E-state index in [9.17, 15) is 14.4 Å². The minimum absolute atomic E-state index is 0.0208. The quantitative estimate of drug-likeness (QED) is 0.818. The number of Topliss-reactive ketones (excluding diaryl/α,β-unsaturated/α-hetero) is 1. The van der Waals surface area contributed by atoms with E-state index in [-0.39, 0.29) is 24.1 Å². The van der Waals surface area contributed by atoms with E-state index in [4.69, 9.17) is 0 Å². The van der Waals surface area contributed by atoms with Gasteiger partial charge in [-0.3, -0.25) is 14.4 Å². The summed E-state index contributed by atoms with van der Waals surface area (Å²) in [6.45, 7) is 7.51. The molecule has 2 amide bonds. The van der Waals surface area contributed by atoms with Crippen molar-refractivity contribution in [2.24, 2.45) is 5.92 Å². The maximum absolute atomic E-state index is 12.0. The molecule has 0 spiro atoms. The van der Waals surface area contributed by atoms with Gasteiger partial charge in [0.2, 0.25) is 11.8 Å². The predicted molar refractivity (Wildman–Crippen MR) is 82.2 cm³/mol. The van der Waals surface area contributed by atoms with Gasteiger partial charge in [-0.15, -0.1) is 0 Å². The lowest BCUT2D eigenvalue weighted by molar-refractivity contribution is -0.133. The Morgan fingerprint density at radius 1 is 1.10 bits per heavy atom. The highest BCUT2D eigenvalue weighted by Gasteiger charge is 2.15. The molecule has 0 atom stereocenters. The summed E-state index contributed by atoms with van der Waals surface area (Å²) in [6, 6.07) is 6.67. The van der Waals surface area contributed by atoms with Gasteiger partial charge in [-0.25, -0.2) is 0 Å². The first kappa shape index (κ1) is 16.9. The number of carbonyl (C=O) groups is 3. The third-order valence-electron chi connectivity index (χ3n) is 2.94. The Kier molecular flexibility index (Phi) is 6.09. The van der Waals surface area contributed by atoms with Crippen LogP contribution in [-0.2, 0) is 9.59 Å². The second-order valence-corrected chi connectivity index (χ2v) is 5.48. The van der Waals surface area contributed by atoms with Gasteiger partial charge >= 0.3 is 0 Å². The van der Waals surface area contributed by atoms with Crippen LogP contribution in [0.5, 0.6) is 0 Å². The molecule has 1 rings (SSSR count). The Labute approximate surface area is 125 Å². The average molecular weight is 290 g/mol. The number of benzene rings is 1. The fourth-order valence-electron chi connectivity index (χ4n) is 1.91. The first-order valence-electron chi connectivity index (χ1n) is 6.96. The zero-order valence-corrected chi connectivity index (χ0v) is 13.0. The number of nitrogens with zero attached hydrogens (tertiary/aromatic N) is 1. The van der Waals surface area contributed by atoms with Crippen molar-refractivity contribution in [1.82, 2.24) is 4.90 Å². The monoisotopic (exact) mass is 290 g/mol. The number of hydrogen-bond acceptors (Lipinski definition) is 3. The van der Waals surface area contributed by atoms with Crippen LogP contribution < -0.4 is 5.32 Å². The molecule has 0 aliphatic carbocycles. The first-order valence-corrected chi connectivity index (χ1v) is 6.96. The molecule has 1 aromatic carbocycles. The molecule has 0 bridgehead atoms. The number of anilines is 1. The number of carbonyl (C=O) groups excluding carboxylic acids is 3. The SMILES string of the molecule is CC(=O)c1ccc(NC(=O)CN(CC(C)C)C(C)=O)cc1. The number of amides is 2. The maximum Gasteiger partial charge on any atom is 0.243 e. The Morgan fingerprint density at radius 2 is 1.67 bits per heavy atom. The topological polar surface area (TPSA) is 66.5 Å². The molecule has 0 saturated heterocycles. The van der Waals surface area contributed by atoms with Crippen LogP contribution >= 0.6 is 0 Å². The van der Waals surface area contributed by atoms with Crippen LogP contribution in [0.3, 0.4) is 0 Å². The summed E-state index contributed by atoms with van der Waals surface area (Å²) in [5.41, 5.74) is 1.20. The fourth-order valence-corrected chi connectivity index (χ4v) is 1.91. The van der Waals surface area contributed by atoms with Gasteiger partial charge in [0.15, 0.2) is 5.78 Å². The van der Waals surface area contributed by atoms with Crippen molar-refractivity contribution >= 4 is 23.3 Å².